The standard InChI is InChI=1S/C30H30O2/c1-21(2)31-27-20-26(23-14-8-5-9-15-23)28(24-16-10-6-11-17-24)30(32-22(3)4)29(27)25-18-12-7-13-19-25/h5-22H,1-4H3. The van der Waals surface area contributed by atoms with Crippen molar-refractivity contribution in [3.05, 3.63) is 97.1 Å². The predicted molar refractivity (Wildman–Crippen MR) is 134 cm³/mol. The Hall–Kier alpha value is -3.52. The molecule has 0 bridgehead atoms. The highest BCUT2D eigenvalue weighted by molar-refractivity contribution is 5.96. The van der Waals surface area contributed by atoms with E-state index in [9.17, 15) is 0 Å². The van der Waals surface area contributed by atoms with Crippen LogP contribution in [0.5, 0.6) is 11.5 Å². The van der Waals surface area contributed by atoms with Crippen LogP contribution < -0.4 is 9.47 Å². The van der Waals surface area contributed by atoms with E-state index in [1.807, 2.05) is 18.2 Å². The fourth-order valence-electron chi connectivity index (χ4n) is 3.95. The van der Waals surface area contributed by atoms with Crippen LogP contribution in [0.25, 0.3) is 33.4 Å². The Morgan fingerprint density at radius 2 is 0.938 bits per heavy atom. The third-order valence-corrected chi connectivity index (χ3v) is 5.17. The molecule has 0 heterocycles. The summed E-state index contributed by atoms with van der Waals surface area (Å²) in [5.41, 5.74) is 6.51. The van der Waals surface area contributed by atoms with E-state index in [1.165, 1.54) is 0 Å². The molecular weight excluding hydrogens is 392 g/mol. The lowest BCUT2D eigenvalue weighted by Crippen LogP contribution is -2.12. The van der Waals surface area contributed by atoms with E-state index in [1.54, 1.807) is 0 Å². The minimum absolute atomic E-state index is 0.0119. The first-order valence-electron chi connectivity index (χ1n) is 11.2. The molecule has 2 nitrogen and oxygen atoms in total. The average molecular weight is 423 g/mol. The summed E-state index contributed by atoms with van der Waals surface area (Å²) in [6, 6.07) is 33.5. The highest BCUT2D eigenvalue weighted by Gasteiger charge is 2.25. The van der Waals surface area contributed by atoms with Gasteiger partial charge >= 0.3 is 0 Å². The maximum absolute atomic E-state index is 6.59. The maximum Gasteiger partial charge on any atom is 0.139 e. The molecule has 0 amide bonds. The smallest absolute Gasteiger partial charge is 0.139 e. The summed E-state index contributed by atoms with van der Waals surface area (Å²) in [5, 5.41) is 0. The Labute approximate surface area is 191 Å². The molecule has 4 aromatic carbocycles. The SMILES string of the molecule is CC(C)Oc1cc(-c2ccccc2)c(-c2ccccc2)c(OC(C)C)c1-c1ccccc1. The number of hydrogen-bond donors (Lipinski definition) is 0. The third kappa shape index (κ3) is 4.70. The van der Waals surface area contributed by atoms with Crippen molar-refractivity contribution < 1.29 is 9.47 Å². The third-order valence-electron chi connectivity index (χ3n) is 5.17. The van der Waals surface area contributed by atoms with Crippen molar-refractivity contribution in [2.24, 2.45) is 0 Å². The minimum atomic E-state index is 0.0119. The Kier molecular flexibility index (Phi) is 6.61. The van der Waals surface area contributed by atoms with Gasteiger partial charge in [0.15, 0.2) is 0 Å². The van der Waals surface area contributed by atoms with Gasteiger partial charge in [0.05, 0.1) is 17.8 Å². The lowest BCUT2D eigenvalue weighted by molar-refractivity contribution is 0.232. The van der Waals surface area contributed by atoms with E-state index < -0.39 is 0 Å². The molecule has 0 unspecified atom stereocenters. The van der Waals surface area contributed by atoms with E-state index in [0.717, 1.165) is 44.9 Å². The van der Waals surface area contributed by atoms with Gasteiger partial charge in [-0.15, -0.1) is 0 Å². The van der Waals surface area contributed by atoms with Crippen molar-refractivity contribution in [2.45, 2.75) is 39.9 Å². The molecule has 0 aliphatic carbocycles. The molecule has 162 valence electrons. The highest BCUT2D eigenvalue weighted by atomic mass is 16.5. The topological polar surface area (TPSA) is 18.5 Å². The van der Waals surface area contributed by atoms with Gasteiger partial charge in [0.25, 0.3) is 0 Å². The van der Waals surface area contributed by atoms with Gasteiger partial charge in [0.1, 0.15) is 11.5 Å². The second kappa shape index (κ2) is 9.74. The molecule has 0 aromatic heterocycles. The van der Waals surface area contributed by atoms with Gasteiger partial charge in [-0.25, -0.2) is 0 Å². The van der Waals surface area contributed by atoms with Crippen LogP contribution in [-0.2, 0) is 0 Å². The molecule has 0 atom stereocenters. The molecule has 0 fully saturated rings. The molecule has 0 radical (unpaired) electrons. The Balaban J connectivity index is 2.14. The first-order chi connectivity index (χ1) is 15.5. The molecule has 0 aliphatic rings. The van der Waals surface area contributed by atoms with Crippen molar-refractivity contribution in [3.8, 4) is 44.9 Å². The fourth-order valence-corrected chi connectivity index (χ4v) is 3.95. The zero-order valence-corrected chi connectivity index (χ0v) is 19.2. The van der Waals surface area contributed by atoms with E-state index in [2.05, 4.69) is 107 Å². The minimum Gasteiger partial charge on any atom is -0.490 e. The molecule has 4 rings (SSSR count). The second-order valence-electron chi connectivity index (χ2n) is 8.43. The summed E-state index contributed by atoms with van der Waals surface area (Å²) < 4.78 is 13.0. The highest BCUT2D eigenvalue weighted by Crippen LogP contribution is 2.50. The quantitative estimate of drug-likeness (QED) is 0.298. The lowest BCUT2D eigenvalue weighted by atomic mass is 9.88. The molecule has 0 saturated carbocycles. The number of hydrogen-bond acceptors (Lipinski definition) is 2. The summed E-state index contributed by atoms with van der Waals surface area (Å²) in [7, 11) is 0. The summed E-state index contributed by atoms with van der Waals surface area (Å²) in [5.74, 6) is 1.69. The van der Waals surface area contributed by atoms with Gasteiger partial charge in [-0.2, -0.15) is 0 Å². The van der Waals surface area contributed by atoms with Crippen molar-refractivity contribution in [1.82, 2.24) is 0 Å². The van der Waals surface area contributed by atoms with Gasteiger partial charge in [-0.05, 0) is 56.0 Å². The van der Waals surface area contributed by atoms with Crippen LogP contribution in [0, 0.1) is 0 Å². The zero-order valence-electron chi connectivity index (χ0n) is 19.2. The number of rotatable bonds is 7. The molecule has 4 aromatic rings. The van der Waals surface area contributed by atoms with Crippen LogP contribution >= 0.6 is 0 Å². The van der Waals surface area contributed by atoms with Gasteiger partial charge in [-0.3, -0.25) is 0 Å². The maximum atomic E-state index is 6.59. The monoisotopic (exact) mass is 422 g/mol. The molecule has 0 N–H and O–H groups in total. The number of benzene rings is 4. The average Bonchev–Trinajstić information content (AvgIpc) is 2.80. The number of ether oxygens (including phenoxy) is 2. The fraction of sp³-hybridized carbons (Fsp3) is 0.200. The van der Waals surface area contributed by atoms with E-state index in [4.69, 9.17) is 9.47 Å². The van der Waals surface area contributed by atoms with Crippen LogP contribution in [0.4, 0.5) is 0 Å². The lowest BCUT2D eigenvalue weighted by Gasteiger charge is -2.25. The molecule has 0 saturated heterocycles. The van der Waals surface area contributed by atoms with Gasteiger partial charge in [0, 0.05) is 5.56 Å². The largest absolute Gasteiger partial charge is 0.490 e. The zero-order chi connectivity index (χ0) is 22.5. The van der Waals surface area contributed by atoms with Gasteiger partial charge < -0.3 is 9.47 Å². The predicted octanol–water partition coefficient (Wildman–Crippen LogP) is 8.26. The van der Waals surface area contributed by atoms with E-state index in [0.29, 0.717) is 0 Å². The molecule has 32 heavy (non-hydrogen) atoms. The van der Waals surface area contributed by atoms with Crippen LogP contribution in [0.3, 0.4) is 0 Å². The molecular formula is C30H30O2. The second-order valence-corrected chi connectivity index (χ2v) is 8.43. The van der Waals surface area contributed by atoms with Crippen molar-refractivity contribution in [2.75, 3.05) is 0 Å². The van der Waals surface area contributed by atoms with Crippen molar-refractivity contribution in [1.29, 1.82) is 0 Å². The molecule has 0 spiro atoms. The molecule has 2 heteroatoms. The normalized spacial score (nSPS) is 11.1. The Bertz CT molecular complexity index is 1150. The van der Waals surface area contributed by atoms with E-state index >= 15 is 0 Å². The van der Waals surface area contributed by atoms with Gasteiger partial charge in [0.2, 0.25) is 0 Å². The van der Waals surface area contributed by atoms with Crippen LogP contribution in [0.2, 0.25) is 0 Å². The Morgan fingerprint density at radius 1 is 0.500 bits per heavy atom. The van der Waals surface area contributed by atoms with Crippen molar-refractivity contribution in [3.63, 3.8) is 0 Å². The van der Waals surface area contributed by atoms with Crippen LogP contribution in [0.1, 0.15) is 27.7 Å². The van der Waals surface area contributed by atoms with Gasteiger partial charge in [-0.1, -0.05) is 91.0 Å². The first kappa shape index (κ1) is 21.7. The van der Waals surface area contributed by atoms with Crippen LogP contribution in [-0.4, -0.2) is 12.2 Å². The molecule has 0 aliphatic heterocycles. The van der Waals surface area contributed by atoms with Crippen LogP contribution in [0.15, 0.2) is 97.1 Å². The summed E-state index contributed by atoms with van der Waals surface area (Å²) >= 11 is 0. The Morgan fingerprint density at radius 3 is 1.41 bits per heavy atom. The summed E-state index contributed by atoms with van der Waals surface area (Å²) in [4.78, 5) is 0. The summed E-state index contributed by atoms with van der Waals surface area (Å²) in [6.45, 7) is 8.26. The first-order valence-corrected chi connectivity index (χ1v) is 11.2. The summed E-state index contributed by atoms with van der Waals surface area (Å²) in [6.07, 6.45) is 0.0495. The van der Waals surface area contributed by atoms with E-state index in [-0.39, 0.29) is 12.2 Å². The van der Waals surface area contributed by atoms with Crippen molar-refractivity contribution >= 4 is 0 Å².